The van der Waals surface area contributed by atoms with E-state index < -0.39 is 0 Å². The molecule has 1 fully saturated rings. The number of ketones is 1. The summed E-state index contributed by atoms with van der Waals surface area (Å²) in [6.07, 6.45) is 3.17. The number of carbonyl (C=O) groups excluding carboxylic acids is 1. The Labute approximate surface area is 120 Å². The molecule has 2 unspecified atom stereocenters. The first-order valence-corrected chi connectivity index (χ1v) is 7.47. The summed E-state index contributed by atoms with van der Waals surface area (Å²) >= 11 is 0. The van der Waals surface area contributed by atoms with Gasteiger partial charge < -0.3 is 0 Å². The van der Waals surface area contributed by atoms with E-state index in [4.69, 9.17) is 0 Å². The van der Waals surface area contributed by atoms with Gasteiger partial charge in [-0.05, 0) is 36.0 Å². The fourth-order valence-corrected chi connectivity index (χ4v) is 2.94. The molecule has 1 saturated carbocycles. The van der Waals surface area contributed by atoms with Crippen molar-refractivity contribution in [1.29, 1.82) is 0 Å². The molecule has 2 atom stereocenters. The van der Waals surface area contributed by atoms with Crippen LogP contribution in [-0.2, 0) is 6.42 Å². The van der Waals surface area contributed by atoms with E-state index in [-0.39, 0.29) is 5.92 Å². The van der Waals surface area contributed by atoms with Gasteiger partial charge in [0.05, 0.1) is 0 Å². The monoisotopic (exact) mass is 264 g/mol. The minimum atomic E-state index is 0.189. The second-order valence-electron chi connectivity index (χ2n) is 5.67. The van der Waals surface area contributed by atoms with Gasteiger partial charge >= 0.3 is 0 Å². The van der Waals surface area contributed by atoms with E-state index in [1.54, 1.807) is 0 Å². The van der Waals surface area contributed by atoms with E-state index in [1.165, 1.54) is 11.1 Å². The Morgan fingerprint density at radius 3 is 2.65 bits per heavy atom. The summed E-state index contributed by atoms with van der Waals surface area (Å²) in [6, 6.07) is 18.6. The third kappa shape index (κ3) is 2.67. The molecule has 2 aromatic carbocycles. The summed E-state index contributed by atoms with van der Waals surface area (Å²) in [5.41, 5.74) is 3.46. The molecular weight excluding hydrogens is 244 g/mol. The molecule has 0 aromatic heterocycles. The third-order valence-corrected chi connectivity index (χ3v) is 4.11. The van der Waals surface area contributed by atoms with Crippen LogP contribution in [0.5, 0.6) is 0 Å². The summed E-state index contributed by atoms with van der Waals surface area (Å²) in [7, 11) is 0. The van der Waals surface area contributed by atoms with Gasteiger partial charge in [-0.1, -0.05) is 61.9 Å². The predicted octanol–water partition coefficient (Wildman–Crippen LogP) is 4.63. The van der Waals surface area contributed by atoms with Gasteiger partial charge in [0.25, 0.3) is 0 Å². The zero-order chi connectivity index (χ0) is 13.9. The largest absolute Gasteiger partial charge is 0.294 e. The van der Waals surface area contributed by atoms with Crippen molar-refractivity contribution in [1.82, 2.24) is 0 Å². The van der Waals surface area contributed by atoms with Gasteiger partial charge in [0.1, 0.15) is 0 Å². The van der Waals surface area contributed by atoms with Gasteiger partial charge in [-0.2, -0.15) is 0 Å². The van der Waals surface area contributed by atoms with Gasteiger partial charge in [0.2, 0.25) is 0 Å². The van der Waals surface area contributed by atoms with Gasteiger partial charge in [-0.25, -0.2) is 0 Å². The van der Waals surface area contributed by atoms with E-state index in [0.717, 1.165) is 24.8 Å². The van der Waals surface area contributed by atoms with Crippen molar-refractivity contribution in [3.8, 4) is 0 Å². The quantitative estimate of drug-likeness (QED) is 0.720. The summed E-state index contributed by atoms with van der Waals surface area (Å²) in [4.78, 5) is 12.5. The number of hydrogen-bond acceptors (Lipinski definition) is 1. The Balaban J connectivity index is 1.73. The van der Waals surface area contributed by atoms with Crippen molar-refractivity contribution in [3.63, 3.8) is 0 Å². The Kier molecular flexibility index (Phi) is 3.68. The molecule has 0 saturated heterocycles. The van der Waals surface area contributed by atoms with Gasteiger partial charge in [-0.3, -0.25) is 4.79 Å². The molecule has 0 heterocycles. The van der Waals surface area contributed by atoms with Crippen molar-refractivity contribution >= 4 is 5.78 Å². The molecule has 2 aromatic rings. The molecule has 0 spiro atoms. The average molecular weight is 264 g/mol. The van der Waals surface area contributed by atoms with Gasteiger partial charge in [-0.15, -0.1) is 0 Å². The van der Waals surface area contributed by atoms with Crippen molar-refractivity contribution < 1.29 is 4.79 Å². The lowest BCUT2D eigenvalue weighted by atomic mass is 10.00. The van der Waals surface area contributed by atoms with Crippen molar-refractivity contribution in [2.75, 3.05) is 0 Å². The summed E-state index contributed by atoms with van der Waals surface area (Å²) in [5, 5.41) is 0. The molecule has 0 N–H and O–H groups in total. The lowest BCUT2D eigenvalue weighted by molar-refractivity contribution is 0.0965. The van der Waals surface area contributed by atoms with E-state index in [0.29, 0.717) is 11.7 Å². The average Bonchev–Trinajstić information content (AvgIpc) is 3.29. The first-order chi connectivity index (χ1) is 9.79. The molecule has 0 aliphatic heterocycles. The fourth-order valence-electron chi connectivity index (χ4n) is 2.94. The number of aryl methyl sites for hydroxylation is 1. The Morgan fingerprint density at radius 2 is 1.90 bits per heavy atom. The van der Waals surface area contributed by atoms with Crippen molar-refractivity contribution in [3.05, 3.63) is 71.3 Å². The van der Waals surface area contributed by atoms with Gasteiger partial charge in [0, 0.05) is 11.5 Å². The maximum atomic E-state index is 12.5. The highest BCUT2D eigenvalue weighted by Gasteiger charge is 2.43. The maximum absolute atomic E-state index is 12.5. The van der Waals surface area contributed by atoms with E-state index in [9.17, 15) is 4.79 Å². The molecule has 0 amide bonds. The van der Waals surface area contributed by atoms with Crippen LogP contribution in [0.15, 0.2) is 54.6 Å². The lowest BCUT2D eigenvalue weighted by Gasteiger charge is -2.04. The summed E-state index contributed by atoms with van der Waals surface area (Å²) in [5.74, 6) is 0.935. The standard InChI is InChI=1S/C19H20O/c1-2-7-14-8-6-11-16(12-14)19(20)18-13-17(18)15-9-4-3-5-10-15/h3-6,8-12,17-18H,2,7,13H2,1H3. The maximum Gasteiger partial charge on any atom is 0.166 e. The Hall–Kier alpha value is -1.89. The van der Waals surface area contributed by atoms with E-state index >= 15 is 0 Å². The van der Waals surface area contributed by atoms with Crippen molar-refractivity contribution in [2.24, 2.45) is 5.92 Å². The first kappa shape index (κ1) is 13.1. The zero-order valence-corrected chi connectivity index (χ0v) is 11.9. The zero-order valence-electron chi connectivity index (χ0n) is 11.9. The highest BCUT2D eigenvalue weighted by atomic mass is 16.1. The highest BCUT2D eigenvalue weighted by molar-refractivity contribution is 6.00. The molecule has 1 aliphatic carbocycles. The Bertz CT molecular complexity index is 600. The van der Waals surface area contributed by atoms with Crippen LogP contribution in [0.25, 0.3) is 0 Å². The fraction of sp³-hybridized carbons (Fsp3) is 0.316. The van der Waals surface area contributed by atoms with E-state index in [1.807, 2.05) is 18.2 Å². The number of Topliss-reactive ketones (excluding diaryl/α,β-unsaturated/α-hetero) is 1. The molecule has 102 valence electrons. The highest BCUT2D eigenvalue weighted by Crippen LogP contribution is 2.49. The minimum Gasteiger partial charge on any atom is -0.294 e. The van der Waals surface area contributed by atoms with Crippen LogP contribution in [0.4, 0.5) is 0 Å². The lowest BCUT2D eigenvalue weighted by Crippen LogP contribution is -2.04. The molecule has 1 nitrogen and oxygen atoms in total. The summed E-state index contributed by atoms with van der Waals surface area (Å²) in [6.45, 7) is 2.17. The third-order valence-electron chi connectivity index (χ3n) is 4.11. The topological polar surface area (TPSA) is 17.1 Å². The Morgan fingerprint density at radius 1 is 1.10 bits per heavy atom. The normalized spacial score (nSPS) is 20.6. The van der Waals surface area contributed by atoms with Gasteiger partial charge in [0.15, 0.2) is 5.78 Å². The van der Waals surface area contributed by atoms with Crippen LogP contribution in [0, 0.1) is 5.92 Å². The molecule has 20 heavy (non-hydrogen) atoms. The minimum absolute atomic E-state index is 0.189. The first-order valence-electron chi connectivity index (χ1n) is 7.47. The molecule has 0 bridgehead atoms. The molecule has 1 heteroatoms. The molecule has 3 rings (SSSR count). The number of hydrogen-bond donors (Lipinski definition) is 0. The van der Waals surface area contributed by atoms with Crippen molar-refractivity contribution in [2.45, 2.75) is 32.1 Å². The smallest absolute Gasteiger partial charge is 0.166 e. The SMILES string of the molecule is CCCc1cccc(C(=O)C2CC2c2ccccc2)c1. The van der Waals surface area contributed by atoms with Crippen LogP contribution >= 0.6 is 0 Å². The number of benzene rings is 2. The van der Waals surface area contributed by atoms with Crippen LogP contribution in [0.3, 0.4) is 0 Å². The van der Waals surface area contributed by atoms with Crippen LogP contribution in [-0.4, -0.2) is 5.78 Å². The van der Waals surface area contributed by atoms with Crippen LogP contribution in [0.1, 0.15) is 47.2 Å². The van der Waals surface area contributed by atoms with E-state index in [2.05, 4.69) is 43.3 Å². The molecular formula is C19H20O. The number of rotatable bonds is 5. The molecule has 0 radical (unpaired) electrons. The predicted molar refractivity (Wildman–Crippen MR) is 82.1 cm³/mol. The van der Waals surface area contributed by atoms with Crippen LogP contribution < -0.4 is 0 Å². The van der Waals surface area contributed by atoms with Crippen LogP contribution in [0.2, 0.25) is 0 Å². The second-order valence-corrected chi connectivity index (χ2v) is 5.67. The molecule has 1 aliphatic rings. The number of carbonyl (C=O) groups is 1. The second kappa shape index (κ2) is 5.62. The summed E-state index contributed by atoms with van der Waals surface area (Å²) < 4.78 is 0.